The molecule has 0 fully saturated rings. The van der Waals surface area contributed by atoms with E-state index in [0.29, 0.717) is 0 Å². The second-order valence-electron chi connectivity index (χ2n) is 1.93. The number of aliphatic imine (C=N–C) groups is 1. The summed E-state index contributed by atoms with van der Waals surface area (Å²) in [5, 5.41) is 8.47. The largest absolute Gasteiger partial charge is 0.478 e. The molecule has 0 atom stereocenters. The molecule has 0 aromatic rings. The highest BCUT2D eigenvalue weighted by Gasteiger charge is 2.15. The molecule has 0 saturated heterocycles. The van der Waals surface area contributed by atoms with Crippen molar-refractivity contribution < 1.29 is 19.4 Å². The fourth-order valence-electron chi connectivity index (χ4n) is 0.534. The van der Waals surface area contributed by atoms with E-state index in [4.69, 9.17) is 5.11 Å². The zero-order valence-corrected chi connectivity index (χ0v) is 6.83. The number of hydrogen-bond donors (Lipinski definition) is 1. The van der Waals surface area contributed by atoms with E-state index in [2.05, 4.69) is 16.4 Å². The Morgan fingerprint density at radius 1 is 1.50 bits per heavy atom. The van der Waals surface area contributed by atoms with Crippen molar-refractivity contribution in [3.8, 4) is 0 Å². The van der Waals surface area contributed by atoms with E-state index in [-0.39, 0.29) is 11.3 Å². The van der Waals surface area contributed by atoms with Crippen molar-refractivity contribution in [3.63, 3.8) is 0 Å². The number of esters is 1. The van der Waals surface area contributed by atoms with Crippen LogP contribution in [0.3, 0.4) is 0 Å². The molecule has 66 valence electrons. The Kier molecular flexibility index (Phi) is 3.69. The average molecular weight is 171 g/mol. The van der Waals surface area contributed by atoms with Crippen LogP contribution in [0.2, 0.25) is 0 Å². The van der Waals surface area contributed by atoms with Gasteiger partial charge in [-0.05, 0) is 13.6 Å². The van der Waals surface area contributed by atoms with Gasteiger partial charge < -0.3 is 9.84 Å². The lowest BCUT2D eigenvalue weighted by atomic mass is 10.2. The first-order valence-corrected chi connectivity index (χ1v) is 3.03. The molecular weight excluding hydrogens is 162 g/mol. The SMILES string of the molecule is C=N/C(C(=O)OC)=C(\C)C(=O)O. The van der Waals surface area contributed by atoms with Gasteiger partial charge >= 0.3 is 11.9 Å². The molecule has 5 nitrogen and oxygen atoms in total. The van der Waals surface area contributed by atoms with Crippen molar-refractivity contribution in [2.24, 2.45) is 4.99 Å². The van der Waals surface area contributed by atoms with Gasteiger partial charge in [-0.2, -0.15) is 0 Å². The molecule has 0 aliphatic rings. The molecule has 0 aromatic carbocycles. The summed E-state index contributed by atoms with van der Waals surface area (Å²) in [6.45, 7) is 4.31. The van der Waals surface area contributed by atoms with Gasteiger partial charge in [0.05, 0.1) is 12.7 Å². The van der Waals surface area contributed by atoms with E-state index in [1.54, 1.807) is 0 Å². The van der Waals surface area contributed by atoms with Crippen molar-refractivity contribution in [2.45, 2.75) is 6.92 Å². The Balaban J connectivity index is 4.99. The molecule has 0 heterocycles. The molecule has 0 amide bonds. The summed E-state index contributed by atoms with van der Waals surface area (Å²) in [6, 6.07) is 0. The minimum atomic E-state index is -1.22. The summed E-state index contributed by atoms with van der Waals surface area (Å²) in [6.07, 6.45) is 0. The van der Waals surface area contributed by atoms with Gasteiger partial charge in [-0.25, -0.2) is 9.59 Å². The van der Waals surface area contributed by atoms with Gasteiger partial charge in [0.25, 0.3) is 0 Å². The van der Waals surface area contributed by atoms with E-state index >= 15 is 0 Å². The average Bonchev–Trinajstić information content (AvgIpc) is 2.05. The summed E-state index contributed by atoms with van der Waals surface area (Å²) in [7, 11) is 1.14. The van der Waals surface area contributed by atoms with Crippen LogP contribution in [-0.2, 0) is 14.3 Å². The van der Waals surface area contributed by atoms with Crippen LogP contribution < -0.4 is 0 Å². The maximum absolute atomic E-state index is 10.8. The van der Waals surface area contributed by atoms with E-state index in [9.17, 15) is 9.59 Å². The number of rotatable bonds is 3. The predicted molar refractivity (Wildman–Crippen MR) is 41.9 cm³/mol. The number of hydrogen-bond acceptors (Lipinski definition) is 4. The third kappa shape index (κ3) is 2.19. The van der Waals surface area contributed by atoms with Crippen LogP contribution >= 0.6 is 0 Å². The number of carbonyl (C=O) groups excluding carboxylic acids is 1. The summed E-state index contributed by atoms with van der Waals surface area (Å²) in [5.74, 6) is -2.02. The van der Waals surface area contributed by atoms with Crippen LogP contribution in [0.1, 0.15) is 6.92 Å². The highest BCUT2D eigenvalue weighted by Crippen LogP contribution is 2.06. The first kappa shape index (κ1) is 10.3. The lowest BCUT2D eigenvalue weighted by Crippen LogP contribution is -2.09. The number of carbonyl (C=O) groups is 2. The third-order valence-electron chi connectivity index (χ3n) is 1.21. The molecule has 0 rings (SSSR count). The summed E-state index contributed by atoms with van der Waals surface area (Å²) in [4.78, 5) is 24.4. The monoisotopic (exact) mass is 171 g/mol. The summed E-state index contributed by atoms with van der Waals surface area (Å²) < 4.78 is 4.28. The van der Waals surface area contributed by atoms with E-state index in [0.717, 1.165) is 7.11 Å². The van der Waals surface area contributed by atoms with Crippen LogP contribution in [0.5, 0.6) is 0 Å². The van der Waals surface area contributed by atoms with Crippen molar-refractivity contribution in [2.75, 3.05) is 7.11 Å². The zero-order chi connectivity index (χ0) is 9.72. The molecule has 12 heavy (non-hydrogen) atoms. The molecule has 0 bridgehead atoms. The number of carboxylic acid groups (broad SMARTS) is 1. The first-order chi connectivity index (χ1) is 5.54. The Morgan fingerprint density at radius 2 is 2.00 bits per heavy atom. The predicted octanol–water partition coefficient (Wildman–Crippen LogP) is 0.219. The van der Waals surface area contributed by atoms with Crippen LogP contribution in [0.4, 0.5) is 0 Å². The van der Waals surface area contributed by atoms with Crippen LogP contribution in [0.15, 0.2) is 16.3 Å². The maximum Gasteiger partial charge on any atom is 0.357 e. The molecule has 1 N–H and O–H groups in total. The van der Waals surface area contributed by atoms with Crippen LogP contribution in [-0.4, -0.2) is 30.9 Å². The van der Waals surface area contributed by atoms with Gasteiger partial charge in [-0.1, -0.05) is 0 Å². The van der Waals surface area contributed by atoms with Gasteiger partial charge in [0.1, 0.15) is 0 Å². The Labute approximate surface area is 69.4 Å². The summed E-state index contributed by atoms with van der Waals surface area (Å²) >= 11 is 0. The zero-order valence-electron chi connectivity index (χ0n) is 6.83. The minimum absolute atomic E-state index is 0.183. The number of methoxy groups -OCH3 is 1. The van der Waals surface area contributed by atoms with Crippen LogP contribution in [0.25, 0.3) is 0 Å². The number of nitrogens with zero attached hydrogens (tertiary/aromatic N) is 1. The molecule has 0 spiro atoms. The van der Waals surface area contributed by atoms with Crippen molar-refractivity contribution in [1.29, 1.82) is 0 Å². The van der Waals surface area contributed by atoms with Crippen molar-refractivity contribution in [3.05, 3.63) is 11.3 Å². The second kappa shape index (κ2) is 4.27. The van der Waals surface area contributed by atoms with Gasteiger partial charge in [0.15, 0.2) is 5.70 Å². The normalized spacial score (nSPS) is 11.5. The quantitative estimate of drug-likeness (QED) is 0.374. The molecule has 0 aliphatic heterocycles. The smallest absolute Gasteiger partial charge is 0.357 e. The maximum atomic E-state index is 10.8. The van der Waals surface area contributed by atoms with Gasteiger partial charge in [-0.15, -0.1) is 0 Å². The van der Waals surface area contributed by atoms with E-state index in [1.807, 2.05) is 0 Å². The lowest BCUT2D eigenvalue weighted by molar-refractivity contribution is -0.138. The van der Waals surface area contributed by atoms with Crippen molar-refractivity contribution >= 4 is 18.7 Å². The highest BCUT2D eigenvalue weighted by atomic mass is 16.5. The number of aliphatic carboxylic acids is 1. The molecule has 0 unspecified atom stereocenters. The van der Waals surface area contributed by atoms with Gasteiger partial charge in [0.2, 0.25) is 0 Å². The molecule has 0 aromatic heterocycles. The highest BCUT2D eigenvalue weighted by molar-refractivity contribution is 5.99. The lowest BCUT2D eigenvalue weighted by Gasteiger charge is -2.00. The fraction of sp³-hybridized carbons (Fsp3) is 0.286. The Bertz CT molecular complexity index is 254. The standard InChI is InChI=1S/C7H9NO4/c1-4(6(9)10)5(8-2)7(11)12-3/h2H2,1,3H3,(H,9,10)/b5-4+. The summed E-state index contributed by atoms with van der Waals surface area (Å²) in [5.41, 5.74) is -0.457. The third-order valence-corrected chi connectivity index (χ3v) is 1.21. The van der Waals surface area contributed by atoms with Gasteiger partial charge in [0, 0.05) is 0 Å². The number of ether oxygens (including phenoxy) is 1. The first-order valence-electron chi connectivity index (χ1n) is 3.03. The number of carboxylic acids is 1. The topological polar surface area (TPSA) is 76.0 Å². The van der Waals surface area contributed by atoms with Gasteiger partial charge in [-0.3, -0.25) is 4.99 Å². The molecule has 0 aliphatic carbocycles. The Morgan fingerprint density at radius 3 is 2.25 bits per heavy atom. The van der Waals surface area contributed by atoms with Crippen molar-refractivity contribution in [1.82, 2.24) is 0 Å². The molecule has 0 saturated carbocycles. The van der Waals surface area contributed by atoms with E-state index < -0.39 is 11.9 Å². The fourth-order valence-corrected chi connectivity index (χ4v) is 0.534. The Hall–Kier alpha value is -1.65. The molecular formula is C7H9NO4. The minimum Gasteiger partial charge on any atom is -0.478 e. The molecule has 0 radical (unpaired) electrons. The van der Waals surface area contributed by atoms with Crippen LogP contribution in [0, 0.1) is 0 Å². The second-order valence-corrected chi connectivity index (χ2v) is 1.93. The van der Waals surface area contributed by atoms with E-state index in [1.165, 1.54) is 6.92 Å². The molecule has 5 heteroatoms.